The van der Waals surface area contributed by atoms with Crippen LogP contribution in [0.3, 0.4) is 0 Å². The highest BCUT2D eigenvalue weighted by Crippen LogP contribution is 2.39. The third-order valence-corrected chi connectivity index (χ3v) is 4.50. The first-order chi connectivity index (χ1) is 7.34. The Morgan fingerprint density at radius 2 is 2.00 bits per heavy atom. The summed E-state index contributed by atoms with van der Waals surface area (Å²) in [5.41, 5.74) is 2.83. The predicted octanol–water partition coefficient (Wildman–Crippen LogP) is 3.98. The number of para-hydroxylation sites is 1. The summed E-state index contributed by atoms with van der Waals surface area (Å²) in [6.07, 6.45) is 6.92. The van der Waals surface area contributed by atoms with Crippen molar-refractivity contribution in [2.75, 3.05) is 5.32 Å². The average Bonchev–Trinajstić information content (AvgIpc) is 2.86. The first-order valence-electron chi connectivity index (χ1n) is 5.88. The number of rotatable bonds is 1. The maximum absolute atomic E-state index is 3.70. The highest BCUT2D eigenvalue weighted by Gasteiger charge is 2.30. The number of hydrogen-bond donors (Lipinski definition) is 1. The van der Waals surface area contributed by atoms with Gasteiger partial charge in [0.25, 0.3) is 0 Å². The zero-order valence-electron chi connectivity index (χ0n) is 8.80. The van der Waals surface area contributed by atoms with Crippen LogP contribution in [0.5, 0.6) is 0 Å². The van der Waals surface area contributed by atoms with E-state index in [0.29, 0.717) is 6.04 Å². The molecule has 0 bridgehead atoms. The predicted molar refractivity (Wildman–Crippen MR) is 67.2 cm³/mol. The lowest BCUT2D eigenvalue weighted by atomic mass is 9.95. The molecule has 1 aromatic rings. The molecule has 1 aliphatic heterocycles. The molecule has 0 amide bonds. The number of benzene rings is 1. The van der Waals surface area contributed by atoms with Gasteiger partial charge in [-0.15, -0.1) is 0 Å². The first-order valence-corrected chi connectivity index (χ1v) is 6.68. The van der Waals surface area contributed by atoms with E-state index in [1.54, 1.807) is 0 Å². The minimum absolute atomic E-state index is 0.696. The van der Waals surface area contributed by atoms with E-state index in [1.165, 1.54) is 47.8 Å². The monoisotopic (exact) mass is 265 g/mol. The largest absolute Gasteiger partial charge is 0.381 e. The molecule has 0 saturated heterocycles. The summed E-state index contributed by atoms with van der Waals surface area (Å²) >= 11 is 3.62. The Hall–Kier alpha value is -0.500. The van der Waals surface area contributed by atoms with E-state index in [9.17, 15) is 0 Å². The van der Waals surface area contributed by atoms with Crippen LogP contribution >= 0.6 is 15.9 Å². The topological polar surface area (TPSA) is 12.0 Å². The molecular weight excluding hydrogens is 250 g/mol. The lowest BCUT2D eigenvalue weighted by molar-refractivity contribution is 0.466. The van der Waals surface area contributed by atoms with Crippen LogP contribution in [0.4, 0.5) is 5.69 Å². The van der Waals surface area contributed by atoms with Crippen LogP contribution in [-0.2, 0) is 6.42 Å². The SMILES string of the molecule is Brc1cccc2c1NC(C1CCCC1)C2. The van der Waals surface area contributed by atoms with Crippen molar-refractivity contribution in [2.45, 2.75) is 38.1 Å². The summed E-state index contributed by atoms with van der Waals surface area (Å²) in [4.78, 5) is 0. The summed E-state index contributed by atoms with van der Waals surface area (Å²) in [5.74, 6) is 0.907. The molecule has 1 N–H and O–H groups in total. The second-order valence-electron chi connectivity index (χ2n) is 4.77. The van der Waals surface area contributed by atoms with E-state index in [0.717, 1.165) is 5.92 Å². The van der Waals surface area contributed by atoms with E-state index >= 15 is 0 Å². The van der Waals surface area contributed by atoms with Crippen LogP contribution < -0.4 is 5.32 Å². The molecule has 80 valence electrons. The van der Waals surface area contributed by atoms with E-state index < -0.39 is 0 Å². The van der Waals surface area contributed by atoms with Gasteiger partial charge in [0.15, 0.2) is 0 Å². The van der Waals surface area contributed by atoms with Gasteiger partial charge in [-0.2, -0.15) is 0 Å². The van der Waals surface area contributed by atoms with Gasteiger partial charge in [0.1, 0.15) is 0 Å². The molecule has 1 aliphatic carbocycles. The fraction of sp³-hybridized carbons (Fsp3) is 0.538. The van der Waals surface area contributed by atoms with Crippen molar-refractivity contribution in [3.05, 3.63) is 28.2 Å². The molecule has 1 aromatic carbocycles. The van der Waals surface area contributed by atoms with Gasteiger partial charge in [-0.1, -0.05) is 25.0 Å². The molecule has 1 heterocycles. The van der Waals surface area contributed by atoms with Gasteiger partial charge in [0.05, 0.1) is 5.69 Å². The number of hydrogen-bond acceptors (Lipinski definition) is 1. The van der Waals surface area contributed by atoms with Gasteiger partial charge in [-0.3, -0.25) is 0 Å². The molecule has 1 atom stereocenters. The van der Waals surface area contributed by atoms with Crippen LogP contribution in [0, 0.1) is 5.92 Å². The van der Waals surface area contributed by atoms with Crippen LogP contribution in [-0.4, -0.2) is 6.04 Å². The van der Waals surface area contributed by atoms with E-state index in [1.807, 2.05) is 0 Å². The van der Waals surface area contributed by atoms with Crippen molar-refractivity contribution in [3.8, 4) is 0 Å². The first kappa shape index (κ1) is 9.71. The van der Waals surface area contributed by atoms with Crippen LogP contribution in [0.25, 0.3) is 0 Å². The standard InChI is InChI=1S/C13H16BrN/c14-11-7-3-6-10-8-12(15-13(10)11)9-4-1-2-5-9/h3,6-7,9,12,15H,1-2,4-5,8H2. The van der Waals surface area contributed by atoms with Gasteiger partial charge in [-0.05, 0) is 52.7 Å². The molecule has 2 aliphatic rings. The molecule has 15 heavy (non-hydrogen) atoms. The minimum atomic E-state index is 0.696. The van der Waals surface area contributed by atoms with Crippen LogP contribution in [0.2, 0.25) is 0 Å². The van der Waals surface area contributed by atoms with E-state index in [4.69, 9.17) is 0 Å². The van der Waals surface area contributed by atoms with Crippen LogP contribution in [0.15, 0.2) is 22.7 Å². The average molecular weight is 266 g/mol. The van der Waals surface area contributed by atoms with E-state index in [-0.39, 0.29) is 0 Å². The molecule has 1 saturated carbocycles. The minimum Gasteiger partial charge on any atom is -0.381 e. The summed E-state index contributed by atoms with van der Waals surface area (Å²) in [6.45, 7) is 0. The lowest BCUT2D eigenvalue weighted by Crippen LogP contribution is -2.24. The highest BCUT2D eigenvalue weighted by atomic mass is 79.9. The zero-order chi connectivity index (χ0) is 10.3. The van der Waals surface area contributed by atoms with Crippen molar-refractivity contribution in [1.29, 1.82) is 0 Å². The van der Waals surface area contributed by atoms with Crippen molar-refractivity contribution in [3.63, 3.8) is 0 Å². The number of nitrogens with one attached hydrogen (secondary N) is 1. The summed E-state index contributed by atoms with van der Waals surface area (Å²) < 4.78 is 1.22. The Bertz CT molecular complexity index is 369. The van der Waals surface area contributed by atoms with Gasteiger partial charge in [0, 0.05) is 10.5 Å². The molecule has 0 aromatic heterocycles. The molecule has 1 fully saturated rings. The van der Waals surface area contributed by atoms with Crippen molar-refractivity contribution < 1.29 is 0 Å². The Labute approximate surface area is 99.4 Å². The Morgan fingerprint density at radius 1 is 1.20 bits per heavy atom. The Morgan fingerprint density at radius 3 is 2.73 bits per heavy atom. The fourth-order valence-corrected chi connectivity index (χ4v) is 3.54. The molecule has 2 heteroatoms. The molecule has 1 nitrogen and oxygen atoms in total. The molecule has 0 spiro atoms. The Kier molecular flexibility index (Phi) is 2.47. The van der Waals surface area contributed by atoms with Crippen molar-refractivity contribution in [1.82, 2.24) is 0 Å². The zero-order valence-corrected chi connectivity index (χ0v) is 10.4. The Balaban J connectivity index is 1.82. The van der Waals surface area contributed by atoms with Gasteiger partial charge < -0.3 is 5.32 Å². The number of fused-ring (bicyclic) bond motifs is 1. The molecule has 0 radical (unpaired) electrons. The van der Waals surface area contributed by atoms with Gasteiger partial charge >= 0.3 is 0 Å². The van der Waals surface area contributed by atoms with Crippen molar-refractivity contribution in [2.24, 2.45) is 5.92 Å². The van der Waals surface area contributed by atoms with Gasteiger partial charge in [0.2, 0.25) is 0 Å². The summed E-state index contributed by atoms with van der Waals surface area (Å²) in [6, 6.07) is 7.22. The quantitative estimate of drug-likeness (QED) is 0.810. The third-order valence-electron chi connectivity index (χ3n) is 3.84. The molecule has 1 unspecified atom stereocenters. The summed E-state index contributed by atoms with van der Waals surface area (Å²) in [5, 5.41) is 3.70. The third kappa shape index (κ3) is 1.69. The summed E-state index contributed by atoms with van der Waals surface area (Å²) in [7, 11) is 0. The maximum Gasteiger partial charge on any atom is 0.0520 e. The smallest absolute Gasteiger partial charge is 0.0520 e. The normalized spacial score (nSPS) is 25.3. The van der Waals surface area contributed by atoms with E-state index in [2.05, 4.69) is 39.4 Å². The number of halogens is 1. The molecule has 3 rings (SSSR count). The second-order valence-corrected chi connectivity index (χ2v) is 5.63. The lowest BCUT2D eigenvalue weighted by Gasteiger charge is -2.18. The van der Waals surface area contributed by atoms with Crippen molar-refractivity contribution >= 4 is 21.6 Å². The van der Waals surface area contributed by atoms with Crippen LogP contribution in [0.1, 0.15) is 31.2 Å². The molecular formula is C13H16BrN. The second kappa shape index (κ2) is 3.82. The van der Waals surface area contributed by atoms with Gasteiger partial charge in [-0.25, -0.2) is 0 Å². The maximum atomic E-state index is 3.70. The highest BCUT2D eigenvalue weighted by molar-refractivity contribution is 9.10. The fourth-order valence-electron chi connectivity index (χ4n) is 3.02. The number of anilines is 1.